The highest BCUT2D eigenvalue weighted by atomic mass is 32.2. The van der Waals surface area contributed by atoms with Crippen LogP contribution in [0.25, 0.3) is 0 Å². The van der Waals surface area contributed by atoms with Crippen molar-refractivity contribution in [3.05, 3.63) is 36.4 Å². The van der Waals surface area contributed by atoms with E-state index in [1.807, 2.05) is 48.0 Å². The monoisotopic (exact) mass is 273 g/mol. The van der Waals surface area contributed by atoms with Crippen molar-refractivity contribution < 1.29 is 18.3 Å². The predicted molar refractivity (Wildman–Crippen MR) is 70.8 cm³/mol. The molecule has 1 aromatic carbocycles. The number of thiol groups is 1. The van der Waals surface area contributed by atoms with Crippen LogP contribution in [0.4, 0.5) is 0 Å². The molecule has 5 nitrogen and oxygen atoms in total. The minimum atomic E-state index is -2.82. The van der Waals surface area contributed by atoms with Crippen LogP contribution < -0.4 is 4.72 Å². The van der Waals surface area contributed by atoms with E-state index in [1.54, 1.807) is 0 Å². The summed E-state index contributed by atoms with van der Waals surface area (Å²) in [5.41, 5.74) is 0. The first-order valence-corrected chi connectivity index (χ1v) is 6.89. The lowest BCUT2D eigenvalue weighted by molar-refractivity contribution is -0.139. The summed E-state index contributed by atoms with van der Waals surface area (Å²) >= 11 is 0. The van der Waals surface area contributed by atoms with Gasteiger partial charge in [0.05, 0.1) is 0 Å². The minimum absolute atomic E-state index is 0.342. The molecule has 0 aliphatic heterocycles. The summed E-state index contributed by atoms with van der Waals surface area (Å²) in [6.07, 6.45) is 1.89. The van der Waals surface area contributed by atoms with Crippen molar-refractivity contribution in [2.45, 2.75) is 32.2 Å². The predicted octanol–water partition coefficient (Wildman–Crippen LogP) is 1.43. The molecular weight excluding hydrogens is 254 g/mol. The summed E-state index contributed by atoms with van der Waals surface area (Å²) < 4.78 is 22.2. The molecule has 0 fully saturated rings. The van der Waals surface area contributed by atoms with Gasteiger partial charge in [0.15, 0.2) is 0 Å². The van der Waals surface area contributed by atoms with Crippen LogP contribution in [0, 0.1) is 0 Å². The van der Waals surface area contributed by atoms with Crippen LogP contribution in [0.1, 0.15) is 26.2 Å². The molecule has 0 aliphatic rings. The number of aliphatic carboxylic acids is 1. The largest absolute Gasteiger partial charge is 0.480 e. The van der Waals surface area contributed by atoms with Gasteiger partial charge in [-0.3, -0.25) is 4.79 Å². The topological polar surface area (TPSA) is 83.5 Å². The molecule has 0 aromatic heterocycles. The van der Waals surface area contributed by atoms with Crippen LogP contribution in [-0.4, -0.2) is 25.5 Å². The van der Waals surface area contributed by atoms with Crippen LogP contribution in [-0.2, 0) is 15.7 Å². The Labute approximate surface area is 109 Å². The molecule has 102 valence electrons. The van der Waals surface area contributed by atoms with Crippen molar-refractivity contribution in [3.63, 3.8) is 0 Å². The fourth-order valence-electron chi connectivity index (χ4n) is 1.16. The van der Waals surface area contributed by atoms with E-state index < -0.39 is 22.9 Å². The second kappa shape index (κ2) is 10.7. The van der Waals surface area contributed by atoms with Crippen molar-refractivity contribution in [1.29, 1.82) is 0 Å². The smallest absolute Gasteiger partial charge is 0.321 e. The molecule has 0 amide bonds. The lowest BCUT2D eigenvalue weighted by Crippen LogP contribution is -2.35. The molecule has 1 rings (SSSR count). The van der Waals surface area contributed by atoms with E-state index in [0.29, 0.717) is 12.8 Å². The van der Waals surface area contributed by atoms with Crippen molar-refractivity contribution in [3.8, 4) is 0 Å². The highest BCUT2D eigenvalue weighted by Crippen LogP contribution is 2.00. The first-order chi connectivity index (χ1) is 8.57. The number of hydrogen-bond acceptors (Lipinski definition) is 3. The first kappa shape index (κ1) is 16.6. The van der Waals surface area contributed by atoms with E-state index >= 15 is 0 Å². The molecule has 0 bridgehead atoms. The Balaban J connectivity index is 0.000000397. The summed E-state index contributed by atoms with van der Waals surface area (Å²) in [4.78, 5) is 10.4. The van der Waals surface area contributed by atoms with Gasteiger partial charge in [-0.05, 0) is 6.42 Å². The standard InChI is InChI=1S/C6H13NO4S.C6H6/c1-2-3-4-5(6(8)9)7-12(10)11;1-2-4-6-5-3-1/h5,12H,2-4H2,1H3,(H,8,9)(H,7,10,11);1-6H. The number of hydrogen-bond donors (Lipinski definition) is 3. The number of nitrogens with one attached hydrogen (secondary N) is 1. The van der Waals surface area contributed by atoms with Crippen LogP contribution in [0.3, 0.4) is 0 Å². The summed E-state index contributed by atoms with van der Waals surface area (Å²) in [5, 5.41) is 8.52. The zero-order valence-corrected chi connectivity index (χ0v) is 11.2. The number of carboxylic acid groups (broad SMARTS) is 1. The van der Waals surface area contributed by atoms with Gasteiger partial charge >= 0.3 is 5.97 Å². The lowest BCUT2D eigenvalue weighted by atomic mass is 10.1. The van der Waals surface area contributed by atoms with Gasteiger partial charge in [0, 0.05) is 0 Å². The maximum atomic E-state index is 10.4. The quantitative estimate of drug-likeness (QED) is 0.685. The zero-order chi connectivity index (χ0) is 13.8. The Morgan fingerprint density at radius 1 is 1.17 bits per heavy atom. The Morgan fingerprint density at radius 2 is 1.61 bits per heavy atom. The van der Waals surface area contributed by atoms with Gasteiger partial charge in [-0.25, -0.2) is 13.1 Å². The Bertz CT molecular complexity index is 358. The third kappa shape index (κ3) is 9.80. The molecule has 0 spiro atoms. The van der Waals surface area contributed by atoms with Crippen molar-refractivity contribution in [1.82, 2.24) is 4.72 Å². The van der Waals surface area contributed by atoms with Crippen molar-refractivity contribution >= 4 is 16.9 Å². The number of carbonyl (C=O) groups is 1. The maximum Gasteiger partial charge on any atom is 0.321 e. The third-order valence-corrected chi connectivity index (χ3v) is 2.59. The van der Waals surface area contributed by atoms with E-state index in [9.17, 15) is 13.2 Å². The fourth-order valence-corrected chi connectivity index (χ4v) is 1.66. The first-order valence-electron chi connectivity index (χ1n) is 5.71. The number of unbranched alkanes of at least 4 members (excludes halogenated alkanes) is 1. The van der Waals surface area contributed by atoms with Gasteiger partial charge in [-0.1, -0.05) is 56.2 Å². The molecule has 0 aliphatic carbocycles. The van der Waals surface area contributed by atoms with E-state index in [-0.39, 0.29) is 0 Å². The maximum absolute atomic E-state index is 10.4. The summed E-state index contributed by atoms with van der Waals surface area (Å²) in [5.74, 6) is -1.12. The second-order valence-corrected chi connectivity index (χ2v) is 4.35. The average molecular weight is 273 g/mol. The van der Waals surface area contributed by atoms with Gasteiger partial charge in [0.2, 0.25) is 10.9 Å². The molecule has 0 radical (unpaired) electrons. The van der Waals surface area contributed by atoms with Gasteiger partial charge < -0.3 is 5.11 Å². The second-order valence-electron chi connectivity index (χ2n) is 3.57. The number of benzene rings is 1. The van der Waals surface area contributed by atoms with Gasteiger partial charge in [0.1, 0.15) is 6.04 Å². The van der Waals surface area contributed by atoms with Crippen LogP contribution >= 0.6 is 0 Å². The highest BCUT2D eigenvalue weighted by molar-refractivity contribution is 7.70. The van der Waals surface area contributed by atoms with E-state index in [2.05, 4.69) is 0 Å². The summed E-state index contributed by atoms with van der Waals surface area (Å²) in [7, 11) is -2.82. The Kier molecular flexibility index (Phi) is 9.90. The summed E-state index contributed by atoms with van der Waals surface area (Å²) in [6, 6.07) is 11.0. The number of carboxylic acids is 1. The Hall–Kier alpha value is -1.40. The molecule has 0 saturated carbocycles. The molecule has 18 heavy (non-hydrogen) atoms. The molecule has 0 heterocycles. The van der Waals surface area contributed by atoms with Crippen LogP contribution in [0.5, 0.6) is 0 Å². The molecular formula is C12H19NO4S. The SMILES string of the molecule is CCCCC(N[SH](=O)=O)C(=O)O.c1ccccc1. The van der Waals surface area contributed by atoms with Crippen molar-refractivity contribution in [2.75, 3.05) is 0 Å². The van der Waals surface area contributed by atoms with Gasteiger partial charge in [-0.15, -0.1) is 0 Å². The van der Waals surface area contributed by atoms with Gasteiger partial charge in [0.25, 0.3) is 0 Å². The molecule has 0 saturated heterocycles. The van der Waals surface area contributed by atoms with Crippen LogP contribution in [0.2, 0.25) is 0 Å². The minimum Gasteiger partial charge on any atom is -0.480 e. The highest BCUT2D eigenvalue weighted by Gasteiger charge is 2.16. The normalized spacial score (nSPS) is 11.4. The van der Waals surface area contributed by atoms with Crippen LogP contribution in [0.15, 0.2) is 36.4 Å². The third-order valence-electron chi connectivity index (χ3n) is 2.07. The zero-order valence-electron chi connectivity index (χ0n) is 10.3. The van der Waals surface area contributed by atoms with E-state index in [0.717, 1.165) is 6.42 Å². The van der Waals surface area contributed by atoms with Gasteiger partial charge in [-0.2, -0.15) is 0 Å². The molecule has 2 N–H and O–H groups in total. The molecule has 1 aromatic rings. The average Bonchev–Trinajstić information content (AvgIpc) is 2.36. The lowest BCUT2D eigenvalue weighted by Gasteiger charge is -2.08. The van der Waals surface area contributed by atoms with Crippen molar-refractivity contribution in [2.24, 2.45) is 0 Å². The van der Waals surface area contributed by atoms with E-state index in [4.69, 9.17) is 5.11 Å². The fraction of sp³-hybridized carbons (Fsp3) is 0.417. The molecule has 1 unspecified atom stereocenters. The van der Waals surface area contributed by atoms with E-state index in [1.165, 1.54) is 0 Å². The molecule has 6 heteroatoms. The summed E-state index contributed by atoms with van der Waals surface area (Å²) in [6.45, 7) is 1.91. The number of rotatable bonds is 6. The Morgan fingerprint density at radius 3 is 1.89 bits per heavy atom. The molecule has 1 atom stereocenters.